The highest BCUT2D eigenvalue weighted by Gasteiger charge is 2.35. The molecule has 0 aliphatic rings. The monoisotopic (exact) mass is 434 g/mol. The lowest BCUT2D eigenvalue weighted by molar-refractivity contribution is -0.114. The van der Waals surface area contributed by atoms with Gasteiger partial charge in [-0.15, -0.1) is 0 Å². The summed E-state index contributed by atoms with van der Waals surface area (Å²) in [7, 11) is -3.49. The zero-order chi connectivity index (χ0) is 22.2. The van der Waals surface area contributed by atoms with Crippen molar-refractivity contribution in [2.45, 2.75) is 38.9 Å². The number of hydrogen-bond acceptors (Lipinski definition) is 5. The van der Waals surface area contributed by atoms with Crippen LogP contribution >= 0.6 is 0 Å². The molecule has 0 aromatic heterocycles. The van der Waals surface area contributed by atoms with E-state index in [9.17, 15) is 13.2 Å². The molecular weight excluding hydrogens is 404 g/mol. The molecule has 0 saturated heterocycles. The van der Waals surface area contributed by atoms with Crippen molar-refractivity contribution in [2.24, 2.45) is 0 Å². The molecule has 0 unspecified atom stereocenters. The molecule has 2 rings (SSSR count). The summed E-state index contributed by atoms with van der Waals surface area (Å²) in [5, 5.41) is 2.72. The normalized spacial score (nSPS) is 11.7. The average Bonchev–Trinajstić information content (AvgIpc) is 2.70. The molecule has 0 heterocycles. The van der Waals surface area contributed by atoms with Crippen LogP contribution in [-0.2, 0) is 19.6 Å². The minimum absolute atomic E-state index is 0.169. The van der Waals surface area contributed by atoms with Crippen LogP contribution in [0.2, 0.25) is 0 Å². The summed E-state index contributed by atoms with van der Waals surface area (Å²) in [4.78, 5) is 11.3. The van der Waals surface area contributed by atoms with E-state index in [1.54, 1.807) is 50.2 Å². The van der Waals surface area contributed by atoms with Crippen LogP contribution < -0.4 is 19.5 Å². The number of ether oxygens (including phenoxy) is 2. The van der Waals surface area contributed by atoms with Gasteiger partial charge < -0.3 is 14.8 Å². The Morgan fingerprint density at radius 2 is 1.63 bits per heavy atom. The van der Waals surface area contributed by atoms with Gasteiger partial charge in [-0.05, 0) is 50.1 Å². The van der Waals surface area contributed by atoms with Gasteiger partial charge in [0.2, 0.25) is 15.9 Å². The third kappa shape index (κ3) is 6.21. The Morgan fingerprint density at radius 3 is 2.27 bits per heavy atom. The number of amides is 1. The molecule has 30 heavy (non-hydrogen) atoms. The number of hydrogen-bond donors (Lipinski definition) is 2. The van der Waals surface area contributed by atoms with Gasteiger partial charge in [-0.3, -0.25) is 4.79 Å². The number of rotatable bonds is 11. The Labute approximate surface area is 178 Å². The first-order chi connectivity index (χ1) is 14.2. The van der Waals surface area contributed by atoms with Gasteiger partial charge in [0.25, 0.3) is 0 Å². The smallest absolute Gasteiger partial charge is 0.221 e. The van der Waals surface area contributed by atoms with Gasteiger partial charge in [0.15, 0.2) is 0 Å². The zero-order valence-electron chi connectivity index (χ0n) is 17.9. The molecule has 0 bridgehead atoms. The van der Waals surface area contributed by atoms with E-state index in [2.05, 4.69) is 10.0 Å². The third-order valence-electron chi connectivity index (χ3n) is 4.57. The number of carbonyl (C=O) groups is 1. The minimum atomic E-state index is -3.49. The average molecular weight is 435 g/mol. The molecule has 164 valence electrons. The van der Waals surface area contributed by atoms with Crippen molar-refractivity contribution in [3.05, 3.63) is 54.1 Å². The molecule has 0 aliphatic heterocycles. The van der Waals surface area contributed by atoms with E-state index in [0.717, 1.165) is 6.42 Å². The number of nitrogens with one attached hydrogen (secondary N) is 2. The maximum absolute atomic E-state index is 12.6. The SMILES string of the molecule is CCCNS(=O)(=O)C(C)(C)c1ccc(OCCOc2ccccc2NC(C)=O)cc1. The van der Waals surface area contributed by atoms with E-state index >= 15 is 0 Å². The highest BCUT2D eigenvalue weighted by Crippen LogP contribution is 2.30. The van der Waals surface area contributed by atoms with Gasteiger partial charge in [-0.2, -0.15) is 0 Å². The van der Waals surface area contributed by atoms with Crippen LogP contribution in [0, 0.1) is 0 Å². The minimum Gasteiger partial charge on any atom is -0.490 e. The van der Waals surface area contributed by atoms with Gasteiger partial charge >= 0.3 is 0 Å². The summed E-state index contributed by atoms with van der Waals surface area (Å²) in [6.07, 6.45) is 0.736. The summed E-state index contributed by atoms with van der Waals surface area (Å²) in [5.41, 5.74) is 1.29. The van der Waals surface area contributed by atoms with Crippen molar-refractivity contribution in [1.82, 2.24) is 4.72 Å². The Bertz CT molecular complexity index is 940. The van der Waals surface area contributed by atoms with E-state index < -0.39 is 14.8 Å². The first-order valence-corrected chi connectivity index (χ1v) is 11.4. The van der Waals surface area contributed by atoms with E-state index in [4.69, 9.17) is 9.47 Å². The molecule has 0 spiro atoms. The molecular formula is C22H30N2O5S. The summed E-state index contributed by atoms with van der Waals surface area (Å²) < 4.78 is 38.1. The first kappa shape index (κ1) is 23.7. The molecule has 0 radical (unpaired) electrons. The topological polar surface area (TPSA) is 93.7 Å². The van der Waals surface area contributed by atoms with E-state index in [0.29, 0.717) is 42.5 Å². The summed E-state index contributed by atoms with van der Waals surface area (Å²) in [6, 6.07) is 14.2. The number of anilines is 1. The Balaban J connectivity index is 1.92. The maximum Gasteiger partial charge on any atom is 0.221 e. The number of benzene rings is 2. The van der Waals surface area contributed by atoms with Crippen molar-refractivity contribution >= 4 is 21.6 Å². The van der Waals surface area contributed by atoms with Crippen LogP contribution in [0.4, 0.5) is 5.69 Å². The summed E-state index contributed by atoms with van der Waals surface area (Å²) in [6.45, 7) is 7.73. The second kappa shape index (κ2) is 10.4. The zero-order valence-corrected chi connectivity index (χ0v) is 18.7. The van der Waals surface area contributed by atoms with Gasteiger partial charge in [-0.1, -0.05) is 31.2 Å². The Hall–Kier alpha value is -2.58. The summed E-state index contributed by atoms with van der Waals surface area (Å²) in [5.74, 6) is 1.02. The van der Waals surface area contributed by atoms with Gasteiger partial charge in [-0.25, -0.2) is 13.1 Å². The first-order valence-electron chi connectivity index (χ1n) is 9.89. The highest BCUT2D eigenvalue weighted by atomic mass is 32.2. The van der Waals surface area contributed by atoms with Crippen LogP contribution in [-0.4, -0.2) is 34.1 Å². The second-order valence-electron chi connectivity index (χ2n) is 7.31. The fourth-order valence-corrected chi connectivity index (χ4v) is 4.00. The molecule has 2 aromatic carbocycles. The van der Waals surface area contributed by atoms with E-state index in [-0.39, 0.29) is 5.91 Å². The van der Waals surface area contributed by atoms with Gasteiger partial charge in [0, 0.05) is 13.5 Å². The quantitative estimate of drug-likeness (QED) is 0.527. The molecule has 0 atom stereocenters. The van der Waals surface area contributed by atoms with Crippen molar-refractivity contribution in [1.29, 1.82) is 0 Å². The Morgan fingerprint density at radius 1 is 1.00 bits per heavy atom. The van der Waals surface area contributed by atoms with E-state index in [1.165, 1.54) is 6.92 Å². The molecule has 1 amide bonds. The molecule has 7 nitrogen and oxygen atoms in total. The lowest BCUT2D eigenvalue weighted by Gasteiger charge is -2.25. The van der Waals surface area contributed by atoms with Crippen molar-refractivity contribution in [3.63, 3.8) is 0 Å². The lowest BCUT2D eigenvalue weighted by Crippen LogP contribution is -2.39. The molecule has 0 fully saturated rings. The lowest BCUT2D eigenvalue weighted by atomic mass is 10.0. The number of carbonyl (C=O) groups excluding carboxylic acids is 1. The molecule has 0 aliphatic carbocycles. The standard InChI is InChI=1S/C22H30N2O5S/c1-5-14-23-30(26,27)22(3,4)18-10-12-19(13-11-18)28-15-16-29-21-9-7-6-8-20(21)24-17(2)25/h6-13,23H,5,14-16H2,1-4H3,(H,24,25). The van der Waals surface area contributed by atoms with Crippen LogP contribution in [0.25, 0.3) is 0 Å². The van der Waals surface area contributed by atoms with Crippen LogP contribution in [0.15, 0.2) is 48.5 Å². The Kier molecular flexibility index (Phi) is 8.25. The predicted molar refractivity (Wildman–Crippen MR) is 118 cm³/mol. The fraction of sp³-hybridized carbons (Fsp3) is 0.409. The number of para-hydroxylation sites is 2. The fourth-order valence-electron chi connectivity index (χ4n) is 2.72. The van der Waals surface area contributed by atoms with Crippen LogP contribution in [0.1, 0.15) is 39.7 Å². The van der Waals surface area contributed by atoms with Crippen molar-refractivity contribution in [3.8, 4) is 11.5 Å². The van der Waals surface area contributed by atoms with Crippen molar-refractivity contribution < 1.29 is 22.7 Å². The van der Waals surface area contributed by atoms with Crippen LogP contribution in [0.5, 0.6) is 11.5 Å². The summed E-state index contributed by atoms with van der Waals surface area (Å²) >= 11 is 0. The largest absolute Gasteiger partial charge is 0.490 e. The molecule has 2 N–H and O–H groups in total. The molecule has 2 aromatic rings. The van der Waals surface area contributed by atoms with Crippen LogP contribution in [0.3, 0.4) is 0 Å². The van der Waals surface area contributed by atoms with Gasteiger partial charge in [0.1, 0.15) is 29.5 Å². The maximum atomic E-state index is 12.6. The van der Waals surface area contributed by atoms with Gasteiger partial charge in [0.05, 0.1) is 5.69 Å². The second-order valence-corrected chi connectivity index (χ2v) is 9.62. The van der Waals surface area contributed by atoms with Crippen molar-refractivity contribution in [2.75, 3.05) is 25.1 Å². The molecule has 0 saturated carbocycles. The predicted octanol–water partition coefficient (Wildman–Crippen LogP) is 3.67. The molecule has 8 heteroatoms. The number of sulfonamides is 1. The third-order valence-corrected chi connectivity index (χ3v) is 6.73. The van der Waals surface area contributed by atoms with E-state index in [1.807, 2.05) is 19.1 Å². The highest BCUT2D eigenvalue weighted by molar-refractivity contribution is 7.90.